The summed E-state index contributed by atoms with van der Waals surface area (Å²) < 4.78 is 0. The van der Waals surface area contributed by atoms with Gasteiger partial charge in [-0.2, -0.15) is 0 Å². The molecular formula is C19H28IN5O2S. The molecule has 0 aliphatic carbocycles. The molecule has 154 valence electrons. The standard InChI is InChI=1S/C19H27N5O2S.HI/c1-3-17-14-23-18(27-17)11-13-22-19(20-2)21-12-5-4-6-15-7-9-16(10-8-15)24(25)26;/h7-10,14H,3-6,11-13H2,1-2H3,(H2,20,21,22);1H. The van der Waals surface area contributed by atoms with Crippen LogP contribution in [0.4, 0.5) is 5.69 Å². The summed E-state index contributed by atoms with van der Waals surface area (Å²) in [6.07, 6.45) is 6.82. The number of unbranched alkanes of at least 4 members (excludes halogenated alkanes) is 1. The number of hydrogen-bond donors (Lipinski definition) is 2. The van der Waals surface area contributed by atoms with E-state index in [0.717, 1.165) is 61.7 Å². The number of nitro groups is 1. The number of hydrogen-bond acceptors (Lipinski definition) is 5. The zero-order valence-corrected chi connectivity index (χ0v) is 19.5. The van der Waals surface area contributed by atoms with Crippen LogP contribution in [-0.2, 0) is 19.3 Å². The molecule has 2 N–H and O–H groups in total. The zero-order valence-electron chi connectivity index (χ0n) is 16.3. The van der Waals surface area contributed by atoms with Crippen molar-refractivity contribution in [2.45, 2.75) is 39.0 Å². The van der Waals surface area contributed by atoms with Crippen LogP contribution in [0.2, 0.25) is 0 Å². The molecule has 0 saturated heterocycles. The average Bonchev–Trinajstić information content (AvgIpc) is 3.14. The summed E-state index contributed by atoms with van der Waals surface area (Å²) in [6, 6.07) is 6.78. The molecule has 9 heteroatoms. The fraction of sp³-hybridized carbons (Fsp3) is 0.474. The van der Waals surface area contributed by atoms with Gasteiger partial charge in [0.1, 0.15) is 0 Å². The van der Waals surface area contributed by atoms with Gasteiger partial charge < -0.3 is 10.6 Å². The highest BCUT2D eigenvalue weighted by Crippen LogP contribution is 2.14. The van der Waals surface area contributed by atoms with Crippen LogP contribution in [0.5, 0.6) is 0 Å². The molecule has 0 amide bonds. The van der Waals surface area contributed by atoms with E-state index in [1.807, 2.05) is 18.3 Å². The molecule has 2 rings (SSSR count). The van der Waals surface area contributed by atoms with Crippen molar-refractivity contribution in [3.63, 3.8) is 0 Å². The van der Waals surface area contributed by atoms with Gasteiger partial charge in [0.2, 0.25) is 0 Å². The van der Waals surface area contributed by atoms with Crippen molar-refractivity contribution in [2.75, 3.05) is 20.1 Å². The molecule has 0 atom stereocenters. The highest BCUT2D eigenvalue weighted by atomic mass is 127. The highest BCUT2D eigenvalue weighted by molar-refractivity contribution is 14.0. The lowest BCUT2D eigenvalue weighted by Crippen LogP contribution is -2.38. The van der Waals surface area contributed by atoms with E-state index in [1.54, 1.807) is 30.5 Å². The van der Waals surface area contributed by atoms with Crippen molar-refractivity contribution in [1.82, 2.24) is 15.6 Å². The molecule has 0 aliphatic rings. The van der Waals surface area contributed by atoms with Crippen molar-refractivity contribution < 1.29 is 4.92 Å². The number of halogens is 1. The van der Waals surface area contributed by atoms with E-state index in [4.69, 9.17) is 0 Å². The zero-order chi connectivity index (χ0) is 19.5. The van der Waals surface area contributed by atoms with E-state index >= 15 is 0 Å². The van der Waals surface area contributed by atoms with Crippen molar-refractivity contribution in [1.29, 1.82) is 0 Å². The molecule has 0 aliphatic heterocycles. The first-order valence-electron chi connectivity index (χ1n) is 9.23. The van der Waals surface area contributed by atoms with Gasteiger partial charge in [-0.1, -0.05) is 19.1 Å². The Labute approximate surface area is 187 Å². The second kappa shape index (κ2) is 13.4. The second-order valence-corrected chi connectivity index (χ2v) is 7.33. The Morgan fingerprint density at radius 3 is 2.50 bits per heavy atom. The van der Waals surface area contributed by atoms with Crippen LogP contribution < -0.4 is 10.6 Å². The van der Waals surface area contributed by atoms with Crippen molar-refractivity contribution >= 4 is 47.0 Å². The van der Waals surface area contributed by atoms with Crippen LogP contribution in [0.1, 0.15) is 35.2 Å². The van der Waals surface area contributed by atoms with E-state index in [2.05, 4.69) is 27.5 Å². The maximum Gasteiger partial charge on any atom is 0.269 e. The first-order chi connectivity index (χ1) is 13.1. The molecule has 0 bridgehead atoms. The van der Waals surface area contributed by atoms with Crippen LogP contribution in [-0.4, -0.2) is 36.0 Å². The molecule has 28 heavy (non-hydrogen) atoms. The third-order valence-corrected chi connectivity index (χ3v) is 5.34. The van der Waals surface area contributed by atoms with Gasteiger partial charge in [0, 0.05) is 49.8 Å². The molecule has 0 unspecified atom stereocenters. The van der Waals surface area contributed by atoms with Gasteiger partial charge in [-0.3, -0.25) is 15.1 Å². The van der Waals surface area contributed by atoms with Crippen LogP contribution in [0, 0.1) is 10.1 Å². The fourth-order valence-corrected chi connectivity index (χ4v) is 3.44. The van der Waals surface area contributed by atoms with Gasteiger partial charge in [-0.05, 0) is 31.2 Å². The maximum atomic E-state index is 10.7. The predicted octanol–water partition coefficient (Wildman–Crippen LogP) is 3.96. The Morgan fingerprint density at radius 1 is 1.18 bits per heavy atom. The lowest BCUT2D eigenvalue weighted by molar-refractivity contribution is -0.384. The monoisotopic (exact) mass is 517 g/mol. The third kappa shape index (κ3) is 8.51. The number of nitrogens with one attached hydrogen (secondary N) is 2. The minimum Gasteiger partial charge on any atom is -0.356 e. The lowest BCUT2D eigenvalue weighted by Gasteiger charge is -2.11. The normalized spacial score (nSPS) is 11.0. The minimum absolute atomic E-state index is 0. The second-order valence-electron chi connectivity index (χ2n) is 6.13. The van der Waals surface area contributed by atoms with Gasteiger partial charge in [-0.25, -0.2) is 4.98 Å². The number of nitrogens with zero attached hydrogens (tertiary/aromatic N) is 3. The molecule has 1 aromatic carbocycles. The summed E-state index contributed by atoms with van der Waals surface area (Å²) in [7, 11) is 1.77. The largest absolute Gasteiger partial charge is 0.356 e. The Bertz CT molecular complexity index is 749. The minimum atomic E-state index is -0.371. The topological polar surface area (TPSA) is 92.5 Å². The Hall–Kier alpha value is -1.75. The van der Waals surface area contributed by atoms with Crippen molar-refractivity contribution in [2.24, 2.45) is 4.99 Å². The maximum absolute atomic E-state index is 10.7. The van der Waals surface area contributed by atoms with E-state index in [-0.39, 0.29) is 34.6 Å². The first kappa shape index (κ1) is 24.3. The number of aryl methyl sites for hydroxylation is 2. The van der Waals surface area contributed by atoms with E-state index < -0.39 is 0 Å². The van der Waals surface area contributed by atoms with Crippen molar-refractivity contribution in [3.8, 4) is 0 Å². The van der Waals surface area contributed by atoms with Gasteiger partial charge in [0.05, 0.1) is 9.93 Å². The summed E-state index contributed by atoms with van der Waals surface area (Å²) in [6.45, 7) is 3.78. The van der Waals surface area contributed by atoms with E-state index in [9.17, 15) is 10.1 Å². The van der Waals surface area contributed by atoms with Crippen LogP contribution in [0.15, 0.2) is 35.5 Å². The van der Waals surface area contributed by atoms with Crippen molar-refractivity contribution in [3.05, 3.63) is 56.0 Å². The SMILES string of the molecule is CCc1cnc(CCNC(=NC)NCCCCc2ccc([N+](=O)[O-])cc2)s1.I. The molecule has 0 spiro atoms. The van der Waals surface area contributed by atoms with Gasteiger partial charge in [0.25, 0.3) is 5.69 Å². The molecule has 0 radical (unpaired) electrons. The predicted molar refractivity (Wildman–Crippen MR) is 126 cm³/mol. The van der Waals surface area contributed by atoms with E-state index in [0.29, 0.717) is 0 Å². The number of non-ortho nitro benzene ring substituents is 1. The van der Waals surface area contributed by atoms with E-state index in [1.165, 1.54) is 4.88 Å². The highest BCUT2D eigenvalue weighted by Gasteiger charge is 2.04. The molecule has 7 nitrogen and oxygen atoms in total. The number of rotatable bonds is 10. The molecule has 0 fully saturated rings. The average molecular weight is 517 g/mol. The number of thiazole rings is 1. The number of benzene rings is 1. The molecule has 2 aromatic rings. The molecular weight excluding hydrogens is 489 g/mol. The summed E-state index contributed by atoms with van der Waals surface area (Å²) in [5, 5.41) is 18.4. The summed E-state index contributed by atoms with van der Waals surface area (Å²) in [4.78, 5) is 20.3. The Morgan fingerprint density at radius 2 is 1.89 bits per heavy atom. The number of nitro benzene ring substituents is 1. The van der Waals surface area contributed by atoms with Gasteiger partial charge in [-0.15, -0.1) is 35.3 Å². The number of guanidine groups is 1. The number of aromatic nitrogens is 1. The Kier molecular flexibility index (Phi) is 11.7. The molecule has 1 aromatic heterocycles. The lowest BCUT2D eigenvalue weighted by atomic mass is 10.1. The van der Waals surface area contributed by atoms with Gasteiger partial charge in [0.15, 0.2) is 5.96 Å². The fourth-order valence-electron chi connectivity index (χ4n) is 2.58. The van der Waals surface area contributed by atoms with Gasteiger partial charge >= 0.3 is 0 Å². The van der Waals surface area contributed by atoms with Crippen LogP contribution in [0.3, 0.4) is 0 Å². The molecule has 0 saturated carbocycles. The third-order valence-electron chi connectivity index (χ3n) is 4.14. The number of aliphatic imine (C=N–C) groups is 1. The van der Waals surface area contributed by atoms with Crippen LogP contribution >= 0.6 is 35.3 Å². The summed E-state index contributed by atoms with van der Waals surface area (Å²) >= 11 is 1.77. The summed E-state index contributed by atoms with van der Waals surface area (Å²) in [5.74, 6) is 0.803. The first-order valence-corrected chi connectivity index (χ1v) is 10.1. The smallest absolute Gasteiger partial charge is 0.269 e. The Balaban J connectivity index is 0.00000392. The van der Waals surface area contributed by atoms with Crippen LogP contribution in [0.25, 0.3) is 0 Å². The molecule has 1 heterocycles. The summed E-state index contributed by atoms with van der Waals surface area (Å²) in [5.41, 5.74) is 1.26. The quantitative estimate of drug-likeness (QED) is 0.124.